The number of carboxylic acid groups (broad SMARTS) is 1. The Labute approximate surface area is 141 Å². The predicted molar refractivity (Wildman–Crippen MR) is 88.0 cm³/mol. The van der Waals surface area contributed by atoms with Crippen molar-refractivity contribution in [3.63, 3.8) is 0 Å². The Balaban J connectivity index is 1.69. The molecule has 1 aromatic carbocycles. The molecule has 2 N–H and O–H groups in total. The Hall–Kier alpha value is -2.15. The molecule has 1 amide bonds. The molecular weight excluding hydrogens is 362 g/mol. The zero-order chi connectivity index (χ0) is 16.4. The molecule has 1 aromatic heterocycles. The number of hydrogen-bond donors (Lipinski definition) is 2. The number of benzene rings is 1. The Morgan fingerprint density at radius 3 is 2.48 bits per heavy atom. The molecule has 1 fully saturated rings. The number of likely N-dealkylation sites (tertiary alicyclic amines) is 1. The van der Waals surface area contributed by atoms with Crippen LogP contribution >= 0.6 is 15.9 Å². The largest absolute Gasteiger partial charge is 0.481 e. The van der Waals surface area contributed by atoms with Crippen molar-refractivity contribution in [3.8, 4) is 11.3 Å². The fourth-order valence-electron chi connectivity index (χ4n) is 2.70. The molecule has 1 aliphatic heterocycles. The van der Waals surface area contributed by atoms with Crippen LogP contribution in [0.5, 0.6) is 0 Å². The van der Waals surface area contributed by atoms with Crippen molar-refractivity contribution in [1.82, 2.24) is 15.1 Å². The van der Waals surface area contributed by atoms with Crippen LogP contribution in [0.2, 0.25) is 0 Å². The highest BCUT2D eigenvalue weighted by Crippen LogP contribution is 2.22. The maximum absolute atomic E-state index is 12.5. The summed E-state index contributed by atoms with van der Waals surface area (Å²) in [5, 5.41) is 16.0. The molecule has 120 valence electrons. The van der Waals surface area contributed by atoms with Gasteiger partial charge in [0.15, 0.2) is 0 Å². The number of piperidine rings is 1. The number of hydrogen-bond acceptors (Lipinski definition) is 3. The van der Waals surface area contributed by atoms with Crippen LogP contribution in [0.1, 0.15) is 23.3 Å². The van der Waals surface area contributed by atoms with E-state index in [0.29, 0.717) is 37.3 Å². The van der Waals surface area contributed by atoms with E-state index in [1.54, 1.807) is 11.0 Å². The molecule has 6 nitrogen and oxygen atoms in total. The minimum Gasteiger partial charge on any atom is -0.481 e. The molecule has 0 radical (unpaired) electrons. The zero-order valence-electron chi connectivity index (χ0n) is 12.3. The maximum atomic E-state index is 12.5. The summed E-state index contributed by atoms with van der Waals surface area (Å²) in [4.78, 5) is 25.1. The monoisotopic (exact) mass is 377 g/mol. The predicted octanol–water partition coefficient (Wildman–Crippen LogP) is 2.78. The highest BCUT2D eigenvalue weighted by atomic mass is 79.9. The van der Waals surface area contributed by atoms with Gasteiger partial charge in [-0.15, -0.1) is 0 Å². The first-order valence-corrected chi connectivity index (χ1v) is 8.17. The van der Waals surface area contributed by atoms with Gasteiger partial charge in [-0.05, 0) is 31.0 Å². The van der Waals surface area contributed by atoms with Gasteiger partial charge in [-0.25, -0.2) is 0 Å². The molecule has 2 heterocycles. The summed E-state index contributed by atoms with van der Waals surface area (Å²) in [7, 11) is 0. The normalized spacial score (nSPS) is 15.6. The van der Waals surface area contributed by atoms with Crippen LogP contribution in [-0.2, 0) is 4.79 Å². The number of aromatic nitrogens is 2. The second-order valence-corrected chi connectivity index (χ2v) is 6.49. The van der Waals surface area contributed by atoms with E-state index in [9.17, 15) is 9.59 Å². The van der Waals surface area contributed by atoms with E-state index in [2.05, 4.69) is 26.1 Å². The first-order chi connectivity index (χ1) is 11.0. The summed E-state index contributed by atoms with van der Waals surface area (Å²) in [6.07, 6.45) is 0.990. The van der Waals surface area contributed by atoms with Gasteiger partial charge in [-0.1, -0.05) is 28.1 Å². The Morgan fingerprint density at radius 1 is 1.22 bits per heavy atom. The molecular formula is C16H16BrN3O3. The number of halogens is 1. The van der Waals surface area contributed by atoms with Crippen LogP contribution in [0, 0.1) is 5.92 Å². The fraction of sp³-hybridized carbons (Fsp3) is 0.312. The van der Waals surface area contributed by atoms with Gasteiger partial charge in [0.25, 0.3) is 5.91 Å². The van der Waals surface area contributed by atoms with E-state index in [1.807, 2.05) is 24.3 Å². The van der Waals surface area contributed by atoms with Gasteiger partial charge in [-0.2, -0.15) is 5.10 Å². The summed E-state index contributed by atoms with van der Waals surface area (Å²) in [6, 6.07) is 9.42. The maximum Gasteiger partial charge on any atom is 0.306 e. The summed E-state index contributed by atoms with van der Waals surface area (Å²) >= 11 is 3.38. The minimum atomic E-state index is -0.781. The van der Waals surface area contributed by atoms with Crippen molar-refractivity contribution in [2.24, 2.45) is 5.92 Å². The summed E-state index contributed by atoms with van der Waals surface area (Å²) < 4.78 is 0.981. The quantitative estimate of drug-likeness (QED) is 0.860. The minimum absolute atomic E-state index is 0.135. The number of carbonyl (C=O) groups excluding carboxylic acids is 1. The number of nitrogens with zero attached hydrogens (tertiary/aromatic N) is 2. The second-order valence-electron chi connectivity index (χ2n) is 5.58. The standard InChI is InChI=1S/C16H16BrN3O3/c17-12-3-1-10(2-4-12)13-9-14(19-18-13)15(21)20-7-5-11(6-8-20)16(22)23/h1-4,9,11H,5-8H2,(H,18,19)(H,22,23). The van der Waals surface area contributed by atoms with Gasteiger partial charge in [0.1, 0.15) is 5.69 Å². The van der Waals surface area contributed by atoms with E-state index in [1.165, 1.54) is 0 Å². The first-order valence-electron chi connectivity index (χ1n) is 7.38. The molecule has 0 saturated carbocycles. The van der Waals surface area contributed by atoms with Gasteiger partial charge in [0, 0.05) is 23.1 Å². The number of aliphatic carboxylic acids is 1. The first kappa shape index (κ1) is 15.7. The van der Waals surface area contributed by atoms with E-state index in [4.69, 9.17) is 5.11 Å². The third-order valence-electron chi connectivity index (χ3n) is 4.08. The number of aromatic amines is 1. The summed E-state index contributed by atoms with van der Waals surface area (Å²) in [6.45, 7) is 0.922. The molecule has 1 saturated heterocycles. The number of nitrogens with one attached hydrogen (secondary N) is 1. The summed E-state index contributed by atoms with van der Waals surface area (Å²) in [5.74, 6) is -1.26. The van der Waals surface area contributed by atoms with E-state index in [-0.39, 0.29) is 11.8 Å². The second kappa shape index (κ2) is 6.54. The molecule has 0 bridgehead atoms. The molecule has 0 unspecified atom stereocenters. The van der Waals surface area contributed by atoms with E-state index < -0.39 is 5.97 Å². The molecule has 0 aliphatic carbocycles. The van der Waals surface area contributed by atoms with Gasteiger partial charge >= 0.3 is 5.97 Å². The molecule has 0 spiro atoms. The lowest BCUT2D eigenvalue weighted by Gasteiger charge is -2.29. The third kappa shape index (κ3) is 3.44. The van der Waals surface area contributed by atoms with Crippen LogP contribution < -0.4 is 0 Å². The number of H-pyrrole nitrogens is 1. The lowest BCUT2D eigenvalue weighted by atomic mass is 9.97. The highest BCUT2D eigenvalue weighted by Gasteiger charge is 2.28. The fourth-order valence-corrected chi connectivity index (χ4v) is 2.96. The van der Waals surface area contributed by atoms with Crippen LogP contribution in [-0.4, -0.2) is 45.2 Å². The van der Waals surface area contributed by atoms with Gasteiger partial charge in [0.05, 0.1) is 11.6 Å². The number of carbonyl (C=O) groups is 2. The van der Waals surface area contributed by atoms with Gasteiger partial charge < -0.3 is 10.0 Å². The summed E-state index contributed by atoms with van der Waals surface area (Å²) in [5.41, 5.74) is 2.06. The van der Waals surface area contributed by atoms with Gasteiger partial charge in [0.2, 0.25) is 0 Å². The zero-order valence-corrected chi connectivity index (χ0v) is 13.9. The van der Waals surface area contributed by atoms with E-state index in [0.717, 1.165) is 10.0 Å². The molecule has 1 aliphatic rings. The van der Waals surface area contributed by atoms with Crippen molar-refractivity contribution in [1.29, 1.82) is 0 Å². The van der Waals surface area contributed by atoms with Gasteiger partial charge in [-0.3, -0.25) is 14.7 Å². The molecule has 23 heavy (non-hydrogen) atoms. The molecule has 3 rings (SSSR count). The number of carboxylic acids is 1. The van der Waals surface area contributed by atoms with Crippen molar-refractivity contribution < 1.29 is 14.7 Å². The highest BCUT2D eigenvalue weighted by molar-refractivity contribution is 9.10. The SMILES string of the molecule is O=C(O)C1CCN(C(=O)c2cc(-c3ccc(Br)cc3)n[nH]2)CC1. The Kier molecular flexibility index (Phi) is 4.47. The number of rotatable bonds is 3. The van der Waals surface area contributed by atoms with Crippen molar-refractivity contribution in [2.75, 3.05) is 13.1 Å². The lowest BCUT2D eigenvalue weighted by Crippen LogP contribution is -2.40. The van der Waals surface area contributed by atoms with Crippen LogP contribution in [0.15, 0.2) is 34.8 Å². The third-order valence-corrected chi connectivity index (χ3v) is 4.61. The van der Waals surface area contributed by atoms with Crippen molar-refractivity contribution >= 4 is 27.8 Å². The Bertz CT molecular complexity index is 718. The molecule has 0 atom stereocenters. The van der Waals surface area contributed by atoms with Crippen LogP contribution in [0.4, 0.5) is 0 Å². The van der Waals surface area contributed by atoms with Crippen LogP contribution in [0.3, 0.4) is 0 Å². The average Bonchev–Trinajstić information content (AvgIpc) is 3.05. The van der Waals surface area contributed by atoms with Crippen molar-refractivity contribution in [2.45, 2.75) is 12.8 Å². The average molecular weight is 378 g/mol. The molecule has 7 heteroatoms. The lowest BCUT2D eigenvalue weighted by molar-refractivity contribution is -0.143. The van der Waals surface area contributed by atoms with Crippen molar-refractivity contribution in [3.05, 3.63) is 40.5 Å². The Morgan fingerprint density at radius 2 is 1.87 bits per heavy atom. The number of amides is 1. The van der Waals surface area contributed by atoms with E-state index >= 15 is 0 Å². The molecule has 2 aromatic rings. The topological polar surface area (TPSA) is 86.3 Å². The van der Waals surface area contributed by atoms with Crippen LogP contribution in [0.25, 0.3) is 11.3 Å². The smallest absolute Gasteiger partial charge is 0.306 e.